The minimum absolute atomic E-state index is 0.276. The van der Waals surface area contributed by atoms with Gasteiger partial charge in [-0.2, -0.15) is 0 Å². The molecule has 2 rings (SSSR count). The topological polar surface area (TPSA) is 55.6 Å². The predicted molar refractivity (Wildman–Crippen MR) is 80.7 cm³/mol. The lowest BCUT2D eigenvalue weighted by molar-refractivity contribution is -0.132. The first-order chi connectivity index (χ1) is 9.63. The summed E-state index contributed by atoms with van der Waals surface area (Å²) in [5.41, 5.74) is 7.77. The number of carbonyl (C=O) groups is 1. The summed E-state index contributed by atoms with van der Waals surface area (Å²) < 4.78 is 5.26. The summed E-state index contributed by atoms with van der Waals surface area (Å²) in [6.45, 7) is 3.71. The maximum absolute atomic E-state index is 11.6. The number of nitrogens with two attached hydrogens (primary N) is 1. The smallest absolute Gasteiger partial charge is 0.222 e. The van der Waals surface area contributed by atoms with E-state index in [-0.39, 0.29) is 5.91 Å². The number of ether oxygens (including phenoxy) is 1. The lowest BCUT2D eigenvalue weighted by Crippen LogP contribution is -2.38. The van der Waals surface area contributed by atoms with Crippen LogP contribution >= 0.6 is 0 Å². The van der Waals surface area contributed by atoms with Gasteiger partial charge in [0.25, 0.3) is 0 Å². The van der Waals surface area contributed by atoms with Crippen LogP contribution < -0.4 is 10.5 Å². The van der Waals surface area contributed by atoms with E-state index in [1.165, 1.54) is 5.56 Å². The van der Waals surface area contributed by atoms with E-state index in [0.29, 0.717) is 18.0 Å². The van der Waals surface area contributed by atoms with E-state index < -0.39 is 0 Å². The fourth-order valence-corrected chi connectivity index (χ4v) is 2.83. The summed E-state index contributed by atoms with van der Waals surface area (Å²) in [4.78, 5) is 13.6. The largest absolute Gasteiger partial charge is 0.495 e. The molecule has 0 aliphatic carbocycles. The number of nitrogens with zero attached hydrogens (tertiary/aromatic N) is 1. The molecule has 0 atom stereocenters. The monoisotopic (exact) mass is 276 g/mol. The third-order valence-electron chi connectivity index (χ3n) is 4.09. The summed E-state index contributed by atoms with van der Waals surface area (Å²) in [5, 5.41) is 0. The average molecular weight is 276 g/mol. The minimum Gasteiger partial charge on any atom is -0.495 e. The van der Waals surface area contributed by atoms with Gasteiger partial charge in [0.1, 0.15) is 5.75 Å². The van der Waals surface area contributed by atoms with Crippen LogP contribution in [0.4, 0.5) is 5.69 Å². The number of hydrogen-bond donors (Lipinski definition) is 1. The summed E-state index contributed by atoms with van der Waals surface area (Å²) in [7, 11) is 1.64. The van der Waals surface area contributed by atoms with E-state index in [1.54, 1.807) is 7.11 Å². The van der Waals surface area contributed by atoms with Crippen molar-refractivity contribution in [1.29, 1.82) is 0 Å². The van der Waals surface area contributed by atoms with Crippen molar-refractivity contribution in [3.05, 3.63) is 23.8 Å². The standard InChI is InChI=1S/C16H24N2O2/c1-3-16(19)18-8-6-12(7-9-18)10-13-4-5-14(17)15(11-13)20-2/h4-5,11-12H,3,6-10,17H2,1-2H3. The molecule has 0 saturated carbocycles. The Hall–Kier alpha value is -1.71. The molecule has 1 aliphatic heterocycles. The van der Waals surface area contributed by atoms with Crippen molar-refractivity contribution in [2.45, 2.75) is 32.6 Å². The fourth-order valence-electron chi connectivity index (χ4n) is 2.83. The van der Waals surface area contributed by atoms with E-state index in [1.807, 2.05) is 24.0 Å². The molecule has 110 valence electrons. The Labute approximate surface area is 120 Å². The van der Waals surface area contributed by atoms with Crippen LogP contribution in [0.15, 0.2) is 18.2 Å². The highest BCUT2D eigenvalue weighted by Gasteiger charge is 2.22. The number of benzene rings is 1. The third-order valence-corrected chi connectivity index (χ3v) is 4.09. The van der Waals surface area contributed by atoms with Crippen molar-refractivity contribution in [1.82, 2.24) is 4.90 Å². The SMILES string of the molecule is CCC(=O)N1CCC(Cc2ccc(N)c(OC)c2)CC1. The molecule has 1 aromatic rings. The molecule has 4 heteroatoms. The van der Waals surface area contributed by atoms with Crippen molar-refractivity contribution >= 4 is 11.6 Å². The minimum atomic E-state index is 0.276. The molecular formula is C16H24N2O2. The van der Waals surface area contributed by atoms with Gasteiger partial charge in [0.05, 0.1) is 12.8 Å². The number of hydrogen-bond acceptors (Lipinski definition) is 3. The Kier molecular flexibility index (Phi) is 4.88. The van der Waals surface area contributed by atoms with Gasteiger partial charge in [-0.15, -0.1) is 0 Å². The maximum Gasteiger partial charge on any atom is 0.222 e. The second kappa shape index (κ2) is 6.64. The van der Waals surface area contributed by atoms with E-state index >= 15 is 0 Å². The molecule has 0 aromatic heterocycles. The van der Waals surface area contributed by atoms with Gasteiger partial charge < -0.3 is 15.4 Å². The summed E-state index contributed by atoms with van der Waals surface area (Å²) in [6.07, 6.45) is 3.81. The van der Waals surface area contributed by atoms with Crippen molar-refractivity contribution in [3.8, 4) is 5.75 Å². The summed E-state index contributed by atoms with van der Waals surface area (Å²) in [5.74, 6) is 1.67. The van der Waals surface area contributed by atoms with Crippen LogP contribution in [0.3, 0.4) is 0 Å². The Morgan fingerprint density at radius 2 is 2.10 bits per heavy atom. The van der Waals surface area contributed by atoms with Crippen molar-refractivity contribution in [2.24, 2.45) is 5.92 Å². The molecule has 4 nitrogen and oxygen atoms in total. The molecule has 1 aliphatic rings. The molecule has 0 spiro atoms. The molecule has 0 radical (unpaired) electrons. The molecular weight excluding hydrogens is 252 g/mol. The van der Waals surface area contributed by atoms with E-state index in [0.717, 1.165) is 38.1 Å². The molecule has 1 saturated heterocycles. The van der Waals surface area contributed by atoms with Crippen LogP contribution in [-0.4, -0.2) is 31.0 Å². The lowest BCUT2D eigenvalue weighted by atomic mass is 9.90. The van der Waals surface area contributed by atoms with Gasteiger partial charge in [-0.1, -0.05) is 13.0 Å². The Bertz CT molecular complexity index is 466. The number of likely N-dealkylation sites (tertiary alicyclic amines) is 1. The molecule has 2 N–H and O–H groups in total. The van der Waals surface area contributed by atoms with Crippen molar-refractivity contribution < 1.29 is 9.53 Å². The van der Waals surface area contributed by atoms with Gasteiger partial charge in [-0.05, 0) is 42.9 Å². The maximum atomic E-state index is 11.6. The average Bonchev–Trinajstić information content (AvgIpc) is 2.49. The first-order valence-corrected chi connectivity index (χ1v) is 7.34. The van der Waals surface area contributed by atoms with Gasteiger partial charge in [0.15, 0.2) is 0 Å². The van der Waals surface area contributed by atoms with Gasteiger partial charge in [-0.3, -0.25) is 4.79 Å². The zero-order valence-electron chi connectivity index (χ0n) is 12.4. The fraction of sp³-hybridized carbons (Fsp3) is 0.562. The Morgan fingerprint density at radius 3 is 2.70 bits per heavy atom. The first kappa shape index (κ1) is 14.7. The van der Waals surface area contributed by atoms with Crippen LogP contribution in [0.25, 0.3) is 0 Å². The number of nitrogen functional groups attached to an aromatic ring is 1. The molecule has 0 bridgehead atoms. The highest BCUT2D eigenvalue weighted by atomic mass is 16.5. The molecule has 20 heavy (non-hydrogen) atoms. The van der Waals surface area contributed by atoms with E-state index in [2.05, 4.69) is 6.07 Å². The second-order valence-electron chi connectivity index (χ2n) is 5.46. The highest BCUT2D eigenvalue weighted by Crippen LogP contribution is 2.27. The number of rotatable bonds is 4. The summed E-state index contributed by atoms with van der Waals surface area (Å²) in [6, 6.07) is 6.00. The van der Waals surface area contributed by atoms with E-state index in [9.17, 15) is 4.79 Å². The molecule has 1 aromatic carbocycles. The normalized spacial score (nSPS) is 16.2. The molecule has 1 fully saturated rings. The summed E-state index contributed by atoms with van der Waals surface area (Å²) >= 11 is 0. The van der Waals surface area contributed by atoms with Crippen LogP contribution in [0, 0.1) is 5.92 Å². The van der Waals surface area contributed by atoms with Crippen molar-refractivity contribution in [3.63, 3.8) is 0 Å². The second-order valence-corrected chi connectivity index (χ2v) is 5.46. The molecule has 0 unspecified atom stereocenters. The van der Waals surface area contributed by atoms with Gasteiger partial charge in [0.2, 0.25) is 5.91 Å². The molecule has 1 heterocycles. The van der Waals surface area contributed by atoms with Crippen LogP contribution in [-0.2, 0) is 11.2 Å². The number of methoxy groups -OCH3 is 1. The Morgan fingerprint density at radius 1 is 1.40 bits per heavy atom. The number of anilines is 1. The van der Waals surface area contributed by atoms with Gasteiger partial charge in [0, 0.05) is 19.5 Å². The van der Waals surface area contributed by atoms with E-state index in [4.69, 9.17) is 10.5 Å². The lowest BCUT2D eigenvalue weighted by Gasteiger charge is -2.32. The number of piperidine rings is 1. The predicted octanol–water partition coefficient (Wildman–Crippen LogP) is 2.47. The number of carbonyl (C=O) groups excluding carboxylic acids is 1. The number of amides is 1. The van der Waals surface area contributed by atoms with Gasteiger partial charge >= 0.3 is 0 Å². The van der Waals surface area contributed by atoms with Gasteiger partial charge in [-0.25, -0.2) is 0 Å². The van der Waals surface area contributed by atoms with Crippen LogP contribution in [0.2, 0.25) is 0 Å². The van der Waals surface area contributed by atoms with Crippen LogP contribution in [0.5, 0.6) is 5.75 Å². The first-order valence-electron chi connectivity index (χ1n) is 7.34. The van der Waals surface area contributed by atoms with Crippen LogP contribution in [0.1, 0.15) is 31.7 Å². The molecule has 1 amide bonds. The zero-order chi connectivity index (χ0) is 14.5. The van der Waals surface area contributed by atoms with Crippen molar-refractivity contribution in [2.75, 3.05) is 25.9 Å². The third kappa shape index (κ3) is 3.44. The zero-order valence-corrected chi connectivity index (χ0v) is 12.4. The highest BCUT2D eigenvalue weighted by molar-refractivity contribution is 5.75. The Balaban J connectivity index is 1.91. The quantitative estimate of drug-likeness (QED) is 0.859.